The topological polar surface area (TPSA) is 75.2 Å². The molecule has 0 saturated carbocycles. The van der Waals surface area contributed by atoms with Crippen molar-refractivity contribution in [2.45, 2.75) is 11.1 Å². The molecule has 0 fully saturated rings. The van der Waals surface area contributed by atoms with E-state index in [9.17, 15) is 8.42 Å². The van der Waals surface area contributed by atoms with Crippen LogP contribution in [-0.2, 0) is 10.0 Å². The van der Waals surface area contributed by atoms with Crippen molar-refractivity contribution in [3.8, 4) is 0 Å². The quantitative estimate of drug-likeness (QED) is 0.754. The highest BCUT2D eigenvalue weighted by molar-refractivity contribution is 7.94. The lowest BCUT2D eigenvalue weighted by Crippen LogP contribution is -2.15. The minimum absolute atomic E-state index is 0.186. The number of nitrogens with zero attached hydrogens (tertiary/aromatic N) is 3. The maximum absolute atomic E-state index is 12.3. The zero-order valence-electron chi connectivity index (χ0n) is 13.2. The van der Waals surface area contributed by atoms with E-state index >= 15 is 0 Å². The molecule has 0 amide bonds. The van der Waals surface area contributed by atoms with E-state index in [4.69, 9.17) is 0 Å². The van der Waals surface area contributed by atoms with Crippen LogP contribution in [0, 0.1) is 6.92 Å². The van der Waals surface area contributed by atoms with Gasteiger partial charge in [-0.2, -0.15) is 0 Å². The third kappa shape index (κ3) is 3.55. The molecule has 6 nitrogen and oxygen atoms in total. The maximum Gasteiger partial charge on any atom is 0.272 e. The largest absolute Gasteiger partial charge is 0.328 e. The summed E-state index contributed by atoms with van der Waals surface area (Å²) in [6, 6.07) is 16.4. The molecule has 124 valence electrons. The fourth-order valence-electron chi connectivity index (χ4n) is 2.09. The second-order valence-electron chi connectivity index (χ2n) is 5.14. The second-order valence-corrected chi connectivity index (χ2v) is 8.34. The van der Waals surface area contributed by atoms with Gasteiger partial charge in [-0.3, -0.25) is 4.72 Å². The molecule has 0 aliphatic carbocycles. The van der Waals surface area contributed by atoms with Crippen LogP contribution in [-0.4, -0.2) is 25.7 Å². The van der Waals surface area contributed by atoms with Crippen LogP contribution in [0.2, 0.25) is 0 Å². The van der Waals surface area contributed by atoms with E-state index in [1.165, 1.54) is 11.3 Å². The molecule has 2 heterocycles. The summed E-state index contributed by atoms with van der Waals surface area (Å²) in [4.78, 5) is 2.80. The molecule has 1 N–H and O–H groups in total. The molecule has 0 radical (unpaired) electrons. The number of sulfonamides is 1. The summed E-state index contributed by atoms with van der Waals surface area (Å²) >= 11 is 1.21. The predicted octanol–water partition coefficient (Wildman–Crippen LogP) is 3.42. The van der Waals surface area contributed by atoms with Crippen molar-refractivity contribution in [3.05, 3.63) is 59.5 Å². The Morgan fingerprint density at radius 1 is 1.00 bits per heavy atom. The number of para-hydroxylation sites is 1. The number of benzene rings is 1. The van der Waals surface area contributed by atoms with E-state index in [1.807, 2.05) is 49.2 Å². The Morgan fingerprint density at radius 3 is 2.33 bits per heavy atom. The van der Waals surface area contributed by atoms with E-state index in [1.54, 1.807) is 24.3 Å². The molecule has 1 aromatic carbocycles. The summed E-state index contributed by atoms with van der Waals surface area (Å²) in [7, 11) is -1.75. The smallest absolute Gasteiger partial charge is 0.272 e. The van der Waals surface area contributed by atoms with Crippen LogP contribution in [0.15, 0.2) is 58.8 Å². The highest BCUT2D eigenvalue weighted by Gasteiger charge is 2.17. The Balaban J connectivity index is 1.78. The Bertz CT molecular complexity index is 922. The molecule has 24 heavy (non-hydrogen) atoms. The molecule has 0 unspecified atom stereocenters. The number of thiophene rings is 1. The average Bonchev–Trinajstić information content (AvgIpc) is 3.03. The van der Waals surface area contributed by atoms with E-state index in [0.717, 1.165) is 10.6 Å². The zero-order valence-corrected chi connectivity index (χ0v) is 14.8. The highest BCUT2D eigenvalue weighted by Crippen LogP contribution is 2.24. The van der Waals surface area contributed by atoms with Gasteiger partial charge in [-0.25, -0.2) is 8.42 Å². The summed E-state index contributed by atoms with van der Waals surface area (Å²) in [6.07, 6.45) is 0. The minimum atomic E-state index is -3.63. The van der Waals surface area contributed by atoms with E-state index in [-0.39, 0.29) is 10.0 Å². The van der Waals surface area contributed by atoms with Gasteiger partial charge in [0.25, 0.3) is 10.0 Å². The molecule has 8 heteroatoms. The van der Waals surface area contributed by atoms with Gasteiger partial charge in [0, 0.05) is 17.6 Å². The molecule has 0 spiro atoms. The van der Waals surface area contributed by atoms with Gasteiger partial charge in [0.1, 0.15) is 4.21 Å². The first-order valence-corrected chi connectivity index (χ1v) is 9.47. The fourth-order valence-corrected chi connectivity index (χ4v) is 4.37. The Kier molecular flexibility index (Phi) is 4.50. The molecule has 3 rings (SSSR count). The molecular weight excluding hydrogens is 344 g/mol. The second kappa shape index (κ2) is 6.58. The minimum Gasteiger partial charge on any atom is -0.328 e. The van der Waals surface area contributed by atoms with Gasteiger partial charge < -0.3 is 4.90 Å². The first-order chi connectivity index (χ1) is 11.5. The van der Waals surface area contributed by atoms with Gasteiger partial charge in [0.2, 0.25) is 0 Å². The zero-order chi connectivity index (χ0) is 17.2. The number of hydrogen-bond acceptors (Lipinski definition) is 6. The molecule has 0 aliphatic heterocycles. The number of rotatable bonds is 5. The van der Waals surface area contributed by atoms with Crippen molar-refractivity contribution in [2.75, 3.05) is 16.7 Å². The first-order valence-electron chi connectivity index (χ1n) is 7.17. The number of anilines is 3. The SMILES string of the molecule is Cc1ccc(S(=O)(=O)Nc2ccc(N(C)c3ccccc3)nn2)s1. The third-order valence-corrected chi connectivity index (χ3v) is 6.20. The van der Waals surface area contributed by atoms with Gasteiger partial charge in [0.15, 0.2) is 11.6 Å². The van der Waals surface area contributed by atoms with Gasteiger partial charge in [-0.05, 0) is 43.3 Å². The number of nitrogens with one attached hydrogen (secondary N) is 1. The van der Waals surface area contributed by atoms with E-state index in [0.29, 0.717) is 5.82 Å². The highest BCUT2D eigenvalue weighted by atomic mass is 32.2. The maximum atomic E-state index is 12.3. The first kappa shape index (κ1) is 16.4. The number of hydrogen-bond donors (Lipinski definition) is 1. The van der Waals surface area contributed by atoms with Crippen molar-refractivity contribution in [3.63, 3.8) is 0 Å². The van der Waals surface area contributed by atoms with Crippen LogP contribution in [0.5, 0.6) is 0 Å². The van der Waals surface area contributed by atoms with Gasteiger partial charge in [-0.15, -0.1) is 21.5 Å². The van der Waals surface area contributed by atoms with Crippen LogP contribution in [0.4, 0.5) is 17.3 Å². The summed E-state index contributed by atoms with van der Waals surface area (Å²) in [6.45, 7) is 1.86. The van der Waals surface area contributed by atoms with Gasteiger partial charge in [0.05, 0.1) is 0 Å². The Hall–Kier alpha value is -2.45. The third-order valence-electron chi connectivity index (χ3n) is 3.36. The standard InChI is InChI=1S/C16H16N4O2S2/c1-12-8-11-16(23-12)24(21,22)19-14-9-10-15(18-17-14)20(2)13-6-4-3-5-7-13/h3-11H,1-2H3,(H,17,19). The lowest BCUT2D eigenvalue weighted by molar-refractivity contribution is 0.603. The average molecular weight is 360 g/mol. The normalized spacial score (nSPS) is 11.2. The van der Waals surface area contributed by atoms with Crippen LogP contribution in [0.1, 0.15) is 4.88 Å². The van der Waals surface area contributed by atoms with Gasteiger partial charge >= 0.3 is 0 Å². The summed E-state index contributed by atoms with van der Waals surface area (Å²) in [5.74, 6) is 0.808. The molecule has 0 aliphatic rings. The van der Waals surface area contributed by atoms with Crippen LogP contribution in [0.3, 0.4) is 0 Å². The predicted molar refractivity (Wildman–Crippen MR) is 96.4 cm³/mol. The molecule has 0 atom stereocenters. The van der Waals surface area contributed by atoms with Crippen molar-refractivity contribution in [1.29, 1.82) is 0 Å². The molecule has 3 aromatic rings. The van der Waals surface area contributed by atoms with E-state index in [2.05, 4.69) is 14.9 Å². The lowest BCUT2D eigenvalue weighted by Gasteiger charge is -2.17. The monoisotopic (exact) mass is 360 g/mol. The summed E-state index contributed by atoms with van der Waals surface area (Å²) in [5, 5.41) is 8.06. The Labute approximate surface area is 144 Å². The molecular formula is C16H16N4O2S2. The van der Waals surface area contributed by atoms with Crippen molar-refractivity contribution in [2.24, 2.45) is 0 Å². The van der Waals surface area contributed by atoms with Crippen molar-refractivity contribution in [1.82, 2.24) is 10.2 Å². The summed E-state index contributed by atoms with van der Waals surface area (Å²) in [5.41, 5.74) is 0.967. The summed E-state index contributed by atoms with van der Waals surface area (Å²) < 4.78 is 27.3. The molecule has 0 bridgehead atoms. The molecule has 0 saturated heterocycles. The Morgan fingerprint density at radius 2 is 1.75 bits per heavy atom. The van der Waals surface area contributed by atoms with Crippen LogP contribution < -0.4 is 9.62 Å². The molecule has 2 aromatic heterocycles. The van der Waals surface area contributed by atoms with Crippen LogP contribution >= 0.6 is 11.3 Å². The number of aromatic nitrogens is 2. The van der Waals surface area contributed by atoms with Crippen molar-refractivity contribution >= 4 is 38.7 Å². The van der Waals surface area contributed by atoms with Crippen LogP contribution in [0.25, 0.3) is 0 Å². The van der Waals surface area contributed by atoms with Gasteiger partial charge in [-0.1, -0.05) is 18.2 Å². The van der Waals surface area contributed by atoms with E-state index < -0.39 is 10.0 Å². The number of aryl methyl sites for hydroxylation is 1. The van der Waals surface area contributed by atoms with Crippen molar-refractivity contribution < 1.29 is 8.42 Å². The fraction of sp³-hybridized carbons (Fsp3) is 0.125. The lowest BCUT2D eigenvalue weighted by atomic mass is 10.3.